The Hall–Kier alpha value is -1.23. The lowest BCUT2D eigenvalue weighted by Gasteiger charge is -2.33. The van der Waals surface area contributed by atoms with Crippen molar-refractivity contribution in [1.82, 2.24) is 0 Å². The van der Waals surface area contributed by atoms with E-state index in [0.29, 0.717) is 5.56 Å². The smallest absolute Gasteiger partial charge is 0.425 e. The van der Waals surface area contributed by atoms with Crippen molar-refractivity contribution < 1.29 is 23.0 Å². The molecule has 88 valence electrons. The Bertz CT molecular complexity index is 376. The maximum Gasteiger partial charge on any atom is 0.425 e. The quantitative estimate of drug-likeness (QED) is 0.804. The number of halogens is 3. The normalized spacial score (nSPS) is 24.8. The number of ether oxygens (including phenoxy) is 1. The van der Waals surface area contributed by atoms with Gasteiger partial charge in [0.15, 0.2) is 6.10 Å². The second-order valence-electron chi connectivity index (χ2n) is 3.83. The van der Waals surface area contributed by atoms with Crippen molar-refractivity contribution in [3.8, 4) is 5.75 Å². The van der Waals surface area contributed by atoms with Crippen LogP contribution < -0.4 is 4.74 Å². The fourth-order valence-electron chi connectivity index (χ4n) is 1.90. The van der Waals surface area contributed by atoms with E-state index in [4.69, 9.17) is 9.84 Å². The molecule has 0 spiro atoms. The van der Waals surface area contributed by atoms with Gasteiger partial charge in [0.25, 0.3) is 0 Å². The van der Waals surface area contributed by atoms with Crippen molar-refractivity contribution in [3.05, 3.63) is 29.8 Å². The van der Waals surface area contributed by atoms with Gasteiger partial charge in [-0.2, -0.15) is 13.2 Å². The van der Waals surface area contributed by atoms with Crippen molar-refractivity contribution in [3.63, 3.8) is 0 Å². The maximum atomic E-state index is 12.6. The minimum Gasteiger partial charge on any atom is -0.480 e. The van der Waals surface area contributed by atoms with Gasteiger partial charge in [-0.3, -0.25) is 0 Å². The zero-order valence-electron chi connectivity index (χ0n) is 8.37. The number of hydrogen-bond donors (Lipinski definition) is 1. The van der Waals surface area contributed by atoms with Gasteiger partial charge in [0.2, 0.25) is 0 Å². The van der Waals surface area contributed by atoms with Crippen molar-refractivity contribution in [2.75, 3.05) is 6.61 Å². The van der Waals surface area contributed by atoms with Crippen LogP contribution in [0.2, 0.25) is 0 Å². The summed E-state index contributed by atoms with van der Waals surface area (Å²) in [6.45, 7) is -0.529. The average Bonchev–Trinajstić information content (AvgIpc) is 2.26. The summed E-state index contributed by atoms with van der Waals surface area (Å²) in [4.78, 5) is 0. The minimum atomic E-state index is -4.44. The molecule has 16 heavy (non-hydrogen) atoms. The van der Waals surface area contributed by atoms with E-state index < -0.39 is 24.8 Å². The third-order valence-corrected chi connectivity index (χ3v) is 2.69. The number of aliphatic hydroxyl groups is 1. The number of alkyl halides is 3. The van der Waals surface area contributed by atoms with Gasteiger partial charge in [-0.05, 0) is 18.1 Å². The van der Waals surface area contributed by atoms with Gasteiger partial charge >= 0.3 is 6.18 Å². The Kier molecular flexibility index (Phi) is 2.80. The summed E-state index contributed by atoms with van der Waals surface area (Å²) in [5.74, 6) is -0.663. The third kappa shape index (κ3) is 2.00. The van der Waals surface area contributed by atoms with Gasteiger partial charge in [0.1, 0.15) is 5.75 Å². The van der Waals surface area contributed by atoms with Crippen LogP contribution in [0.1, 0.15) is 5.56 Å². The van der Waals surface area contributed by atoms with Crippen LogP contribution >= 0.6 is 0 Å². The van der Waals surface area contributed by atoms with Crippen LogP contribution in [0.5, 0.6) is 5.75 Å². The molecule has 1 aromatic rings. The number of benzene rings is 1. The van der Waals surface area contributed by atoms with Crippen LogP contribution in [0.4, 0.5) is 13.2 Å². The molecular weight excluding hydrogens is 221 g/mol. The summed E-state index contributed by atoms with van der Waals surface area (Å²) in [5.41, 5.74) is 0.710. The van der Waals surface area contributed by atoms with Gasteiger partial charge in [0.05, 0.1) is 6.61 Å². The molecule has 0 saturated carbocycles. The summed E-state index contributed by atoms with van der Waals surface area (Å²) in [6, 6.07) is 6.60. The van der Waals surface area contributed by atoms with Crippen LogP contribution in [0.25, 0.3) is 0 Å². The first-order valence-corrected chi connectivity index (χ1v) is 4.94. The summed E-state index contributed by atoms with van der Waals surface area (Å²) >= 11 is 0. The van der Waals surface area contributed by atoms with Crippen molar-refractivity contribution in [2.45, 2.75) is 18.7 Å². The molecule has 1 aromatic carbocycles. The number of aliphatic hydroxyl groups excluding tert-OH is 1. The van der Waals surface area contributed by atoms with Crippen molar-refractivity contribution in [1.29, 1.82) is 0 Å². The van der Waals surface area contributed by atoms with Gasteiger partial charge < -0.3 is 9.84 Å². The molecule has 1 aliphatic rings. The van der Waals surface area contributed by atoms with E-state index in [1.54, 1.807) is 18.2 Å². The zero-order chi connectivity index (χ0) is 11.8. The summed E-state index contributed by atoms with van der Waals surface area (Å²) in [6.07, 6.45) is -6.16. The molecule has 0 radical (unpaired) electrons. The van der Waals surface area contributed by atoms with E-state index in [1.807, 2.05) is 0 Å². The molecule has 2 atom stereocenters. The lowest BCUT2D eigenvalue weighted by molar-refractivity contribution is -0.216. The second-order valence-corrected chi connectivity index (χ2v) is 3.83. The Morgan fingerprint density at radius 2 is 2.00 bits per heavy atom. The average molecular weight is 232 g/mol. The van der Waals surface area contributed by atoms with Crippen molar-refractivity contribution in [2.24, 2.45) is 5.92 Å². The molecule has 1 heterocycles. The van der Waals surface area contributed by atoms with E-state index in [2.05, 4.69) is 0 Å². The fraction of sp³-hybridized carbons (Fsp3) is 0.455. The molecule has 1 aliphatic heterocycles. The summed E-state index contributed by atoms with van der Waals surface area (Å²) in [5, 5.41) is 8.97. The SMILES string of the molecule is OCC1Cc2ccccc2OC1C(F)(F)F. The molecule has 1 N–H and O–H groups in total. The van der Waals surface area contributed by atoms with E-state index in [9.17, 15) is 13.2 Å². The van der Waals surface area contributed by atoms with Gasteiger partial charge in [-0.15, -0.1) is 0 Å². The minimum absolute atomic E-state index is 0.191. The molecule has 0 bridgehead atoms. The van der Waals surface area contributed by atoms with E-state index in [-0.39, 0.29) is 12.2 Å². The molecule has 0 amide bonds. The highest BCUT2D eigenvalue weighted by atomic mass is 19.4. The Balaban J connectivity index is 2.31. The van der Waals surface area contributed by atoms with Crippen LogP contribution in [0.3, 0.4) is 0 Å². The number of hydrogen-bond acceptors (Lipinski definition) is 2. The van der Waals surface area contributed by atoms with Crippen LogP contribution in [0, 0.1) is 5.92 Å². The fourth-order valence-corrected chi connectivity index (χ4v) is 1.90. The monoisotopic (exact) mass is 232 g/mol. The third-order valence-electron chi connectivity index (χ3n) is 2.69. The molecule has 0 aliphatic carbocycles. The lowest BCUT2D eigenvalue weighted by Crippen LogP contribution is -2.45. The highest BCUT2D eigenvalue weighted by Gasteiger charge is 2.48. The first-order chi connectivity index (χ1) is 7.52. The molecule has 0 aromatic heterocycles. The summed E-state index contributed by atoms with van der Waals surface area (Å²) in [7, 11) is 0. The second kappa shape index (κ2) is 3.97. The van der Waals surface area contributed by atoms with Gasteiger partial charge in [-0.25, -0.2) is 0 Å². The zero-order valence-corrected chi connectivity index (χ0v) is 8.37. The van der Waals surface area contributed by atoms with Gasteiger partial charge in [0, 0.05) is 5.92 Å². The predicted octanol–water partition coefficient (Wildman–Crippen LogP) is 2.16. The highest BCUT2D eigenvalue weighted by molar-refractivity contribution is 5.36. The molecule has 2 unspecified atom stereocenters. The number of para-hydroxylation sites is 1. The lowest BCUT2D eigenvalue weighted by atomic mass is 9.91. The van der Waals surface area contributed by atoms with Gasteiger partial charge in [-0.1, -0.05) is 18.2 Å². The highest BCUT2D eigenvalue weighted by Crippen LogP contribution is 2.37. The summed E-state index contributed by atoms with van der Waals surface area (Å²) < 4.78 is 42.8. The topological polar surface area (TPSA) is 29.5 Å². The first kappa shape index (κ1) is 11.3. The molecule has 2 nitrogen and oxygen atoms in total. The molecular formula is C11H11F3O2. The van der Waals surface area contributed by atoms with E-state index in [0.717, 1.165) is 0 Å². The number of rotatable bonds is 1. The maximum absolute atomic E-state index is 12.6. The number of fused-ring (bicyclic) bond motifs is 1. The predicted molar refractivity (Wildman–Crippen MR) is 51.2 cm³/mol. The van der Waals surface area contributed by atoms with Crippen LogP contribution in [-0.2, 0) is 6.42 Å². The standard InChI is InChI=1S/C11H11F3O2/c12-11(13,14)10-8(6-15)5-7-3-1-2-4-9(7)16-10/h1-4,8,10,15H,5-6H2. The van der Waals surface area contributed by atoms with E-state index >= 15 is 0 Å². The first-order valence-electron chi connectivity index (χ1n) is 4.94. The van der Waals surface area contributed by atoms with Crippen LogP contribution in [-0.4, -0.2) is 24.0 Å². The Labute approximate surface area is 90.7 Å². The largest absolute Gasteiger partial charge is 0.480 e. The van der Waals surface area contributed by atoms with Crippen molar-refractivity contribution >= 4 is 0 Å². The Morgan fingerprint density at radius 3 is 2.62 bits per heavy atom. The van der Waals surface area contributed by atoms with E-state index in [1.165, 1.54) is 6.07 Å². The molecule has 2 rings (SSSR count). The molecule has 0 saturated heterocycles. The Morgan fingerprint density at radius 1 is 1.31 bits per heavy atom. The van der Waals surface area contributed by atoms with Crippen LogP contribution in [0.15, 0.2) is 24.3 Å². The molecule has 5 heteroatoms. The molecule has 0 fully saturated rings.